The molecule has 0 fully saturated rings. The fraction of sp³-hybridized carbons (Fsp3) is 0.455. The van der Waals surface area contributed by atoms with E-state index >= 15 is 0 Å². The molecule has 31 heavy (non-hydrogen) atoms. The average molecular weight is 571 g/mol. The topological polar surface area (TPSA) is 100 Å². The molecule has 2 aromatic rings. The summed E-state index contributed by atoms with van der Waals surface area (Å²) < 4.78 is 3.25. The number of nitrogens with zero attached hydrogens (tertiary/aromatic N) is 2. The van der Waals surface area contributed by atoms with Crippen LogP contribution in [-0.4, -0.2) is 65.8 Å². The van der Waals surface area contributed by atoms with Crippen LogP contribution < -0.4 is 0 Å². The third-order valence-electron chi connectivity index (χ3n) is 3.80. The number of aromatic carboxylic acids is 2. The van der Waals surface area contributed by atoms with Crippen molar-refractivity contribution < 1.29 is 19.8 Å². The predicted molar refractivity (Wildman–Crippen MR) is 131 cm³/mol. The Morgan fingerprint density at radius 3 is 1.48 bits per heavy atom. The van der Waals surface area contributed by atoms with Gasteiger partial charge in [0.2, 0.25) is 0 Å². The first kappa shape index (κ1) is 29.7. The van der Waals surface area contributed by atoms with Crippen molar-refractivity contribution in [2.45, 2.75) is 58.5 Å². The van der Waals surface area contributed by atoms with Gasteiger partial charge >= 0.3 is 81.5 Å². The van der Waals surface area contributed by atoms with E-state index < -0.39 is 11.9 Å². The predicted octanol–water partition coefficient (Wildman–Crippen LogP) is 6.13. The van der Waals surface area contributed by atoms with Gasteiger partial charge in [0.1, 0.15) is 10.1 Å². The van der Waals surface area contributed by atoms with Crippen LogP contribution in [0.2, 0.25) is 8.87 Å². The van der Waals surface area contributed by atoms with Gasteiger partial charge in [-0.2, -0.15) is 0 Å². The van der Waals surface area contributed by atoms with Crippen LogP contribution in [0.3, 0.4) is 0 Å². The Morgan fingerprint density at radius 1 is 0.839 bits per heavy atom. The molecule has 0 unspecified atom stereocenters. The first-order chi connectivity index (χ1) is 14.9. The van der Waals surface area contributed by atoms with Gasteiger partial charge in [0, 0.05) is 12.4 Å². The van der Waals surface area contributed by atoms with Crippen molar-refractivity contribution in [3.63, 3.8) is 0 Å². The molecular formula is C22H32N2O4S2Sn. The third-order valence-corrected chi connectivity index (χ3v) is 9.26. The van der Waals surface area contributed by atoms with Crippen molar-refractivity contribution >= 4 is 56.6 Å². The number of carbonyl (C=O) groups is 2. The standard InChI is InChI=1S/2C7H7NO2S.2C4H9.Sn/c2*1-11-6-5(7(9)10)3-2-4-8-6;2*1-3-4-2;/h2*2-4H,1H3,(H,9,10);2*1,3-4H2,2H3;. The molecule has 0 aliphatic heterocycles. The van der Waals surface area contributed by atoms with Gasteiger partial charge in [-0.05, 0) is 36.8 Å². The smallest absolute Gasteiger partial charge is 0.338 e. The molecule has 2 rings (SSSR count). The van der Waals surface area contributed by atoms with E-state index in [0.29, 0.717) is 10.1 Å². The minimum Gasteiger partial charge on any atom is -0.478 e. The first-order valence-electron chi connectivity index (χ1n) is 10.1. The van der Waals surface area contributed by atoms with Crippen LogP contribution >= 0.6 is 23.5 Å². The van der Waals surface area contributed by atoms with Crippen LogP contribution in [0, 0.1) is 0 Å². The number of unbranched alkanes of at least 4 members (excludes halogenated alkanes) is 2. The summed E-state index contributed by atoms with van der Waals surface area (Å²) in [6, 6.07) is 6.31. The number of thioether (sulfide) groups is 2. The van der Waals surface area contributed by atoms with Crippen LogP contribution in [0.5, 0.6) is 0 Å². The second kappa shape index (κ2) is 19.4. The van der Waals surface area contributed by atoms with E-state index in [2.05, 4.69) is 23.8 Å². The van der Waals surface area contributed by atoms with E-state index in [1.165, 1.54) is 49.2 Å². The van der Waals surface area contributed by atoms with Crippen molar-refractivity contribution in [1.29, 1.82) is 0 Å². The summed E-state index contributed by atoms with van der Waals surface area (Å²) in [6.07, 6.45) is 12.6. The van der Waals surface area contributed by atoms with Gasteiger partial charge < -0.3 is 10.2 Å². The number of hydrogen-bond acceptors (Lipinski definition) is 6. The molecule has 2 aromatic heterocycles. The molecule has 2 N–H and O–H groups in total. The van der Waals surface area contributed by atoms with E-state index in [4.69, 9.17) is 10.2 Å². The molecule has 0 amide bonds. The summed E-state index contributed by atoms with van der Waals surface area (Å²) in [5.74, 6) is -1.86. The minimum absolute atomic E-state index is 0.149. The second-order valence-electron chi connectivity index (χ2n) is 6.19. The Morgan fingerprint density at radius 2 is 1.23 bits per heavy atom. The normalized spacial score (nSPS) is 9.68. The molecule has 0 aliphatic rings. The Balaban J connectivity index is 0.000000439. The van der Waals surface area contributed by atoms with E-state index in [9.17, 15) is 9.59 Å². The molecular weight excluding hydrogens is 539 g/mol. The maximum atomic E-state index is 10.5. The largest absolute Gasteiger partial charge is 0.478 e. The number of rotatable bonds is 10. The molecule has 0 saturated heterocycles. The molecule has 0 aromatic carbocycles. The number of pyridine rings is 2. The third kappa shape index (κ3) is 13.7. The molecule has 0 saturated carbocycles. The SMILES string of the molecule is CCC[CH2][Sn][CH2]CCC.CSc1ncccc1C(=O)O.CSc1ncccc1C(=O)O. The Labute approximate surface area is 204 Å². The molecule has 0 atom stereocenters. The zero-order valence-electron chi connectivity index (χ0n) is 18.6. The fourth-order valence-corrected chi connectivity index (χ4v) is 7.40. The van der Waals surface area contributed by atoms with E-state index in [0.717, 1.165) is 0 Å². The van der Waals surface area contributed by atoms with Crippen LogP contribution in [0.4, 0.5) is 0 Å². The van der Waals surface area contributed by atoms with Gasteiger partial charge in [-0.15, -0.1) is 23.5 Å². The van der Waals surface area contributed by atoms with Crippen molar-refractivity contribution in [2.75, 3.05) is 12.5 Å². The molecule has 0 aliphatic carbocycles. The van der Waals surface area contributed by atoms with Crippen LogP contribution in [0.1, 0.15) is 60.2 Å². The molecule has 0 bridgehead atoms. The Bertz CT molecular complexity index is 715. The monoisotopic (exact) mass is 572 g/mol. The second-order valence-corrected chi connectivity index (χ2v) is 12.1. The van der Waals surface area contributed by atoms with E-state index in [1.54, 1.807) is 58.0 Å². The number of hydrogen-bond donors (Lipinski definition) is 2. The Hall–Kier alpha value is -1.26. The van der Waals surface area contributed by atoms with Gasteiger partial charge in [0.25, 0.3) is 0 Å². The number of carboxylic acid groups (broad SMARTS) is 2. The van der Waals surface area contributed by atoms with Crippen LogP contribution in [0.25, 0.3) is 0 Å². The van der Waals surface area contributed by atoms with Gasteiger partial charge in [0.15, 0.2) is 0 Å². The first-order valence-corrected chi connectivity index (χ1v) is 16.6. The molecule has 6 nitrogen and oxygen atoms in total. The van der Waals surface area contributed by atoms with Crippen molar-refractivity contribution in [3.05, 3.63) is 47.8 Å². The van der Waals surface area contributed by atoms with Crippen molar-refractivity contribution in [3.8, 4) is 0 Å². The number of aromatic nitrogens is 2. The van der Waals surface area contributed by atoms with Gasteiger partial charge in [-0.3, -0.25) is 0 Å². The molecule has 2 radical (unpaired) electrons. The van der Waals surface area contributed by atoms with E-state index in [1.807, 2.05) is 0 Å². The summed E-state index contributed by atoms with van der Waals surface area (Å²) in [5, 5.41) is 18.4. The maximum Gasteiger partial charge on any atom is 0.338 e. The van der Waals surface area contributed by atoms with Crippen molar-refractivity contribution in [2.24, 2.45) is 0 Å². The average Bonchev–Trinajstić information content (AvgIpc) is 2.79. The van der Waals surface area contributed by atoms with Gasteiger partial charge in [0.05, 0.1) is 11.1 Å². The molecule has 170 valence electrons. The van der Waals surface area contributed by atoms with Crippen molar-refractivity contribution in [1.82, 2.24) is 9.97 Å². The zero-order chi connectivity index (χ0) is 23.5. The summed E-state index contributed by atoms with van der Waals surface area (Å²) in [6.45, 7) is 4.58. The summed E-state index contributed by atoms with van der Waals surface area (Å²) >= 11 is 2.81. The van der Waals surface area contributed by atoms with Crippen LogP contribution in [-0.2, 0) is 0 Å². The molecule has 2 heterocycles. The summed E-state index contributed by atoms with van der Waals surface area (Å²) in [7, 11) is 0. The van der Waals surface area contributed by atoms with Gasteiger partial charge in [-0.25, -0.2) is 19.6 Å². The molecule has 9 heteroatoms. The Kier molecular flexibility index (Phi) is 18.6. The quantitative estimate of drug-likeness (QED) is 0.200. The summed E-state index contributed by atoms with van der Waals surface area (Å²) in [4.78, 5) is 28.9. The van der Waals surface area contributed by atoms with Crippen LogP contribution in [0.15, 0.2) is 46.7 Å². The minimum atomic E-state index is -0.928. The number of carboxylic acids is 2. The van der Waals surface area contributed by atoms with E-state index in [-0.39, 0.29) is 32.3 Å². The molecule has 0 spiro atoms. The zero-order valence-corrected chi connectivity index (χ0v) is 23.1. The fourth-order valence-electron chi connectivity index (χ4n) is 2.16. The maximum absolute atomic E-state index is 10.5. The summed E-state index contributed by atoms with van der Waals surface area (Å²) in [5.41, 5.74) is 0.528. The van der Waals surface area contributed by atoms with Gasteiger partial charge in [-0.1, -0.05) is 0 Å².